The van der Waals surface area contributed by atoms with Crippen LogP contribution in [0.4, 0.5) is 0 Å². The molecular formula is C31H37ClN2O6. The molecule has 1 atom stereocenters. The summed E-state index contributed by atoms with van der Waals surface area (Å²) < 4.78 is 11.6. The van der Waals surface area contributed by atoms with E-state index in [0.29, 0.717) is 17.4 Å². The quantitative estimate of drug-likeness (QED) is 0.369. The van der Waals surface area contributed by atoms with Gasteiger partial charge < -0.3 is 14.6 Å². The summed E-state index contributed by atoms with van der Waals surface area (Å²) in [6.07, 6.45) is 5.86. The van der Waals surface area contributed by atoms with Crippen molar-refractivity contribution in [2.75, 3.05) is 26.8 Å². The molecule has 0 spiro atoms. The Balaban J connectivity index is 1.29. The number of fused-ring (bicyclic) bond motifs is 1. The van der Waals surface area contributed by atoms with Crippen molar-refractivity contribution in [3.8, 4) is 11.5 Å². The maximum Gasteiger partial charge on any atom is 0.306 e. The van der Waals surface area contributed by atoms with Crippen LogP contribution in [-0.4, -0.2) is 59.5 Å². The molecule has 0 bridgehead atoms. The molecular weight excluding hydrogens is 532 g/mol. The smallest absolute Gasteiger partial charge is 0.306 e. The third-order valence-corrected chi connectivity index (χ3v) is 8.86. The molecule has 2 fully saturated rings. The van der Waals surface area contributed by atoms with Crippen molar-refractivity contribution >= 4 is 29.4 Å². The molecule has 8 nitrogen and oxygen atoms in total. The van der Waals surface area contributed by atoms with Crippen LogP contribution in [0.25, 0.3) is 0 Å². The van der Waals surface area contributed by atoms with Crippen LogP contribution in [0.5, 0.6) is 11.5 Å². The first kappa shape index (κ1) is 28.4. The van der Waals surface area contributed by atoms with Gasteiger partial charge in [0.05, 0.1) is 19.6 Å². The number of imide groups is 1. The van der Waals surface area contributed by atoms with E-state index in [-0.39, 0.29) is 49.8 Å². The number of hydrogen-bond acceptors (Lipinski definition) is 6. The van der Waals surface area contributed by atoms with Gasteiger partial charge in [-0.25, -0.2) is 0 Å². The summed E-state index contributed by atoms with van der Waals surface area (Å²) in [7, 11) is 1.61. The molecule has 2 aromatic carbocycles. The van der Waals surface area contributed by atoms with Gasteiger partial charge in [-0.3, -0.25) is 24.2 Å². The minimum atomic E-state index is -0.676. The lowest BCUT2D eigenvalue weighted by Gasteiger charge is -2.35. The van der Waals surface area contributed by atoms with Crippen LogP contribution in [0.15, 0.2) is 36.4 Å². The number of rotatable bonds is 11. The Kier molecular flexibility index (Phi) is 8.96. The average molecular weight is 569 g/mol. The van der Waals surface area contributed by atoms with Gasteiger partial charge in [0.25, 0.3) is 0 Å². The molecule has 1 N–H and O–H groups in total. The van der Waals surface area contributed by atoms with Crippen molar-refractivity contribution in [2.45, 2.75) is 64.0 Å². The van der Waals surface area contributed by atoms with Gasteiger partial charge in [-0.1, -0.05) is 23.7 Å². The first-order valence-electron chi connectivity index (χ1n) is 14.2. The van der Waals surface area contributed by atoms with Gasteiger partial charge in [-0.15, -0.1) is 0 Å². The number of amides is 2. The van der Waals surface area contributed by atoms with E-state index in [1.165, 1.54) is 16.0 Å². The first-order chi connectivity index (χ1) is 19.3. The van der Waals surface area contributed by atoms with Crippen LogP contribution < -0.4 is 9.47 Å². The lowest BCUT2D eigenvalue weighted by atomic mass is 9.81. The Morgan fingerprint density at radius 2 is 1.75 bits per heavy atom. The molecule has 0 radical (unpaired) electrons. The van der Waals surface area contributed by atoms with Crippen molar-refractivity contribution < 1.29 is 29.0 Å². The fourth-order valence-corrected chi connectivity index (χ4v) is 6.65. The highest BCUT2D eigenvalue weighted by atomic mass is 35.5. The van der Waals surface area contributed by atoms with Crippen molar-refractivity contribution in [3.05, 3.63) is 58.1 Å². The van der Waals surface area contributed by atoms with Crippen LogP contribution >= 0.6 is 11.6 Å². The molecule has 5 rings (SSSR count). The van der Waals surface area contributed by atoms with E-state index in [1.54, 1.807) is 7.11 Å². The molecule has 214 valence electrons. The number of carboxylic acids is 1. The number of methoxy groups -OCH3 is 1. The van der Waals surface area contributed by atoms with E-state index in [1.807, 2.05) is 24.3 Å². The zero-order chi connectivity index (χ0) is 28.2. The number of carbonyl (C=O) groups is 3. The Hall–Kier alpha value is -3.10. The molecule has 1 saturated carbocycles. The first-order valence-corrected chi connectivity index (χ1v) is 14.6. The highest BCUT2D eigenvalue weighted by Gasteiger charge is 2.33. The zero-order valence-electron chi connectivity index (χ0n) is 22.9. The summed E-state index contributed by atoms with van der Waals surface area (Å²) in [5, 5.41) is 10.2. The number of carbonyl (C=O) groups excluding carboxylic acids is 2. The SMILES string of the molecule is COc1cc(CN(CC2CCC(C(=O)O)CC2)C2CCc3cc(Cl)ccc32)ccc1OCCN1C(=O)CCC1=O. The summed E-state index contributed by atoms with van der Waals surface area (Å²) in [6.45, 7) is 2.06. The van der Waals surface area contributed by atoms with Gasteiger partial charge >= 0.3 is 5.97 Å². The van der Waals surface area contributed by atoms with Crippen molar-refractivity contribution in [1.29, 1.82) is 0 Å². The number of benzene rings is 2. The maximum atomic E-state index is 11.9. The fraction of sp³-hybridized carbons (Fsp3) is 0.516. The van der Waals surface area contributed by atoms with E-state index in [9.17, 15) is 19.5 Å². The molecule has 2 aliphatic carbocycles. The molecule has 3 aliphatic rings. The number of carboxylic acid groups (broad SMARTS) is 1. The number of hydrogen-bond donors (Lipinski definition) is 1. The van der Waals surface area contributed by atoms with Crippen LogP contribution in [-0.2, 0) is 27.3 Å². The van der Waals surface area contributed by atoms with E-state index >= 15 is 0 Å². The Morgan fingerprint density at radius 3 is 2.45 bits per heavy atom. The zero-order valence-corrected chi connectivity index (χ0v) is 23.7. The molecule has 1 unspecified atom stereocenters. The van der Waals surface area contributed by atoms with E-state index < -0.39 is 5.97 Å². The van der Waals surface area contributed by atoms with Gasteiger partial charge in [0, 0.05) is 37.0 Å². The third kappa shape index (κ3) is 6.44. The number of aryl methyl sites for hydroxylation is 1. The second kappa shape index (κ2) is 12.6. The lowest BCUT2D eigenvalue weighted by molar-refractivity contribution is -0.143. The van der Waals surface area contributed by atoms with Gasteiger partial charge in [0.2, 0.25) is 11.8 Å². The summed E-state index contributed by atoms with van der Waals surface area (Å²) in [5.41, 5.74) is 3.71. The largest absolute Gasteiger partial charge is 0.493 e. The molecule has 1 aliphatic heterocycles. The highest BCUT2D eigenvalue weighted by Crippen LogP contribution is 2.40. The topological polar surface area (TPSA) is 96.4 Å². The highest BCUT2D eigenvalue weighted by molar-refractivity contribution is 6.30. The second-order valence-electron chi connectivity index (χ2n) is 11.2. The minimum absolute atomic E-state index is 0.150. The number of likely N-dealkylation sites (tertiary alicyclic amines) is 1. The molecule has 2 amide bonds. The lowest BCUT2D eigenvalue weighted by Crippen LogP contribution is -2.34. The maximum absolute atomic E-state index is 11.9. The standard InChI is InChI=1S/C31H37ClN2O6/c1-39-28-16-21(4-11-27(28)40-15-14-34-29(35)12-13-30(34)36)19-33(18-20-2-5-22(6-3-20)31(37)38)26-10-7-23-17-24(32)8-9-25(23)26/h4,8-9,11,16-17,20,22,26H,2-3,5-7,10,12-15,18-19H2,1H3,(H,37,38). The molecule has 1 heterocycles. The Morgan fingerprint density at radius 1 is 1.00 bits per heavy atom. The number of nitrogens with zero attached hydrogens (tertiary/aromatic N) is 2. The summed E-state index contributed by atoms with van der Waals surface area (Å²) in [5.74, 6) is 0.434. The van der Waals surface area contributed by atoms with Gasteiger partial charge in [0.1, 0.15) is 6.61 Å². The van der Waals surface area contributed by atoms with Gasteiger partial charge in [-0.2, -0.15) is 0 Å². The molecule has 0 aromatic heterocycles. The van der Waals surface area contributed by atoms with Crippen LogP contribution in [0.1, 0.15) is 67.7 Å². The predicted molar refractivity (Wildman–Crippen MR) is 150 cm³/mol. The molecule has 2 aromatic rings. The van der Waals surface area contributed by atoms with Crippen molar-refractivity contribution in [1.82, 2.24) is 9.80 Å². The summed E-state index contributed by atoms with van der Waals surface area (Å²) >= 11 is 6.29. The fourth-order valence-electron chi connectivity index (χ4n) is 6.45. The molecule has 9 heteroatoms. The number of aliphatic carboxylic acids is 1. The van der Waals surface area contributed by atoms with E-state index in [2.05, 4.69) is 17.0 Å². The van der Waals surface area contributed by atoms with Gasteiger partial charge in [-0.05, 0) is 85.4 Å². The summed E-state index contributed by atoms with van der Waals surface area (Å²) in [6, 6.07) is 12.4. The van der Waals surface area contributed by atoms with Crippen molar-refractivity contribution in [3.63, 3.8) is 0 Å². The second-order valence-corrected chi connectivity index (χ2v) is 11.6. The Bertz CT molecular complexity index is 1240. The van der Waals surface area contributed by atoms with Crippen LogP contribution in [0.3, 0.4) is 0 Å². The van der Waals surface area contributed by atoms with E-state index in [0.717, 1.165) is 62.2 Å². The molecule has 40 heavy (non-hydrogen) atoms. The normalized spacial score (nSPS) is 22.6. The Labute approximate surface area is 240 Å². The van der Waals surface area contributed by atoms with E-state index in [4.69, 9.17) is 21.1 Å². The van der Waals surface area contributed by atoms with Crippen LogP contribution in [0.2, 0.25) is 5.02 Å². The van der Waals surface area contributed by atoms with Gasteiger partial charge in [0.15, 0.2) is 11.5 Å². The minimum Gasteiger partial charge on any atom is -0.493 e. The summed E-state index contributed by atoms with van der Waals surface area (Å²) in [4.78, 5) is 39.0. The van der Waals surface area contributed by atoms with Crippen LogP contribution in [0, 0.1) is 11.8 Å². The van der Waals surface area contributed by atoms with Crippen molar-refractivity contribution in [2.24, 2.45) is 11.8 Å². The third-order valence-electron chi connectivity index (χ3n) is 8.62. The monoisotopic (exact) mass is 568 g/mol. The number of halogens is 1. The molecule has 1 saturated heterocycles. The average Bonchev–Trinajstić information content (AvgIpc) is 3.51. The predicted octanol–water partition coefficient (Wildman–Crippen LogP) is 5.26. The number of ether oxygens (including phenoxy) is 2.